The van der Waals surface area contributed by atoms with Gasteiger partial charge in [0.05, 0.1) is 16.7 Å². The lowest BCUT2D eigenvalue weighted by atomic mass is 10.2. The monoisotopic (exact) mass is 376 g/mol. The molecule has 2 aromatic carbocycles. The Morgan fingerprint density at radius 2 is 2.04 bits per heavy atom. The Hall–Kier alpha value is -2.74. The molecule has 0 fully saturated rings. The maximum Gasteiger partial charge on any atom is 0.316 e. The second-order valence-electron chi connectivity index (χ2n) is 5.46. The molecule has 5 nitrogen and oxygen atoms in total. The van der Waals surface area contributed by atoms with Crippen LogP contribution in [0.25, 0.3) is 10.9 Å². The van der Waals surface area contributed by atoms with Gasteiger partial charge in [-0.05, 0) is 37.3 Å². The van der Waals surface area contributed by atoms with Crippen molar-refractivity contribution in [3.05, 3.63) is 70.3 Å². The van der Waals surface area contributed by atoms with E-state index < -0.39 is 23.7 Å². The smallest absolute Gasteiger partial charge is 0.316 e. The summed E-state index contributed by atoms with van der Waals surface area (Å²) in [5.41, 5.74) is 0.162. The third-order valence-electron chi connectivity index (χ3n) is 3.56. The minimum absolute atomic E-state index is 0.0202. The molecule has 134 valence electrons. The van der Waals surface area contributed by atoms with Crippen LogP contribution < -0.4 is 5.56 Å². The zero-order chi connectivity index (χ0) is 18.7. The summed E-state index contributed by atoms with van der Waals surface area (Å²) in [7, 11) is 0. The van der Waals surface area contributed by atoms with Gasteiger partial charge in [-0.15, -0.1) is 11.8 Å². The van der Waals surface area contributed by atoms with Crippen molar-refractivity contribution in [3.8, 4) is 0 Å². The number of thioether (sulfide) groups is 1. The fourth-order valence-corrected chi connectivity index (χ4v) is 3.05. The van der Waals surface area contributed by atoms with Gasteiger partial charge in [-0.1, -0.05) is 12.1 Å². The van der Waals surface area contributed by atoms with Crippen LogP contribution >= 0.6 is 11.8 Å². The zero-order valence-corrected chi connectivity index (χ0v) is 14.5. The van der Waals surface area contributed by atoms with E-state index in [-0.39, 0.29) is 22.0 Å². The van der Waals surface area contributed by atoms with Crippen molar-refractivity contribution in [2.24, 2.45) is 0 Å². The molecule has 0 bridgehead atoms. The quantitative estimate of drug-likeness (QED) is 0.544. The molecule has 1 heterocycles. The number of ether oxygens (including phenoxy) is 1. The summed E-state index contributed by atoms with van der Waals surface area (Å²) in [6.45, 7) is 1.57. The number of halogens is 2. The zero-order valence-electron chi connectivity index (χ0n) is 13.7. The van der Waals surface area contributed by atoms with Crippen LogP contribution in [0.1, 0.15) is 18.9 Å². The average Bonchev–Trinajstić information content (AvgIpc) is 2.62. The second kappa shape index (κ2) is 7.65. The maximum atomic E-state index is 13.6. The van der Waals surface area contributed by atoms with E-state index in [1.165, 1.54) is 0 Å². The third-order valence-corrected chi connectivity index (χ3v) is 4.57. The topological polar surface area (TPSA) is 72.0 Å². The van der Waals surface area contributed by atoms with E-state index >= 15 is 0 Å². The number of benzene rings is 2. The first kappa shape index (κ1) is 18.1. The van der Waals surface area contributed by atoms with Crippen molar-refractivity contribution in [2.45, 2.75) is 17.9 Å². The minimum atomic E-state index is -0.794. The van der Waals surface area contributed by atoms with Gasteiger partial charge in [0.25, 0.3) is 5.56 Å². The number of hydrogen-bond acceptors (Lipinski definition) is 5. The van der Waals surface area contributed by atoms with Gasteiger partial charge < -0.3 is 9.72 Å². The molecule has 0 aliphatic carbocycles. The molecule has 0 spiro atoms. The number of para-hydroxylation sites is 1. The maximum absolute atomic E-state index is 13.6. The summed E-state index contributed by atoms with van der Waals surface area (Å²) in [5.74, 6) is -1.83. The van der Waals surface area contributed by atoms with Gasteiger partial charge in [-0.25, -0.2) is 13.8 Å². The first-order valence-corrected chi connectivity index (χ1v) is 8.69. The predicted molar refractivity (Wildman–Crippen MR) is 94.0 cm³/mol. The molecule has 3 aromatic rings. The minimum Gasteiger partial charge on any atom is -0.454 e. The molecule has 1 atom stereocenters. The van der Waals surface area contributed by atoms with E-state index in [0.29, 0.717) is 10.9 Å². The Morgan fingerprint density at radius 3 is 2.85 bits per heavy atom. The molecule has 0 saturated heterocycles. The lowest BCUT2D eigenvalue weighted by Gasteiger charge is -2.13. The number of fused-ring (bicyclic) bond motifs is 1. The third kappa shape index (κ3) is 4.08. The van der Waals surface area contributed by atoms with Crippen molar-refractivity contribution in [2.75, 3.05) is 5.75 Å². The summed E-state index contributed by atoms with van der Waals surface area (Å²) < 4.78 is 31.9. The number of carbonyl (C=O) groups excluding carboxylic acids is 1. The summed E-state index contributed by atoms with van der Waals surface area (Å²) in [4.78, 5) is 30.9. The Labute approximate surface area is 151 Å². The van der Waals surface area contributed by atoms with Gasteiger partial charge in [-0.2, -0.15) is 0 Å². The number of esters is 1. The molecular formula is C18H14F2N2O3S. The summed E-state index contributed by atoms with van der Waals surface area (Å²) in [6, 6.07) is 9.82. The van der Waals surface area contributed by atoms with Crippen LogP contribution in [0, 0.1) is 11.6 Å². The van der Waals surface area contributed by atoms with Crippen LogP contribution in [0.2, 0.25) is 0 Å². The first-order valence-electron chi connectivity index (χ1n) is 7.70. The van der Waals surface area contributed by atoms with Crippen LogP contribution in [0.4, 0.5) is 8.78 Å². The van der Waals surface area contributed by atoms with E-state index in [0.717, 1.165) is 30.0 Å². The van der Waals surface area contributed by atoms with Gasteiger partial charge in [-0.3, -0.25) is 9.59 Å². The average molecular weight is 376 g/mol. The lowest BCUT2D eigenvalue weighted by Crippen LogP contribution is -2.18. The van der Waals surface area contributed by atoms with Gasteiger partial charge in [0.15, 0.2) is 11.9 Å². The van der Waals surface area contributed by atoms with E-state index in [2.05, 4.69) is 9.97 Å². The SMILES string of the molecule is C[C@@H](OC(=O)CSc1cc(F)ccc1F)c1nc2ccccc2c(=O)[nH]1. The normalized spacial score (nSPS) is 12.1. The standard InChI is InChI=1S/C18H14F2N2O3S/c1-10(17-21-14-5-3-2-4-12(14)18(24)22-17)25-16(23)9-26-15-8-11(19)6-7-13(15)20/h2-8,10H,9H2,1H3,(H,21,22,24)/t10-/m1/s1. The van der Waals surface area contributed by atoms with Crippen molar-refractivity contribution in [1.29, 1.82) is 0 Å². The summed E-state index contributed by atoms with van der Waals surface area (Å²) in [5, 5.41) is 0.437. The highest BCUT2D eigenvalue weighted by molar-refractivity contribution is 8.00. The van der Waals surface area contributed by atoms with Gasteiger partial charge in [0, 0.05) is 4.90 Å². The van der Waals surface area contributed by atoms with E-state index in [1.807, 2.05) is 0 Å². The van der Waals surface area contributed by atoms with Gasteiger partial charge >= 0.3 is 5.97 Å². The van der Waals surface area contributed by atoms with E-state index in [9.17, 15) is 18.4 Å². The highest BCUT2D eigenvalue weighted by Crippen LogP contribution is 2.23. The number of aromatic nitrogens is 2. The van der Waals surface area contributed by atoms with Crippen LogP contribution in [0.15, 0.2) is 52.2 Å². The highest BCUT2D eigenvalue weighted by atomic mass is 32.2. The Morgan fingerprint density at radius 1 is 1.27 bits per heavy atom. The second-order valence-corrected chi connectivity index (χ2v) is 6.48. The lowest BCUT2D eigenvalue weighted by molar-refractivity contribution is -0.145. The van der Waals surface area contributed by atoms with Crippen molar-refractivity contribution >= 4 is 28.6 Å². The summed E-state index contributed by atoms with van der Waals surface area (Å²) >= 11 is 0.830. The summed E-state index contributed by atoms with van der Waals surface area (Å²) in [6.07, 6.45) is -0.794. The number of carbonyl (C=O) groups is 1. The number of H-pyrrole nitrogens is 1. The molecule has 0 aliphatic heterocycles. The molecule has 0 amide bonds. The number of hydrogen-bond donors (Lipinski definition) is 1. The van der Waals surface area contributed by atoms with Crippen molar-refractivity contribution in [1.82, 2.24) is 9.97 Å². The molecule has 1 aromatic heterocycles. The van der Waals surface area contributed by atoms with Gasteiger partial charge in [0.2, 0.25) is 0 Å². The predicted octanol–water partition coefficient (Wildman–Crippen LogP) is 3.60. The van der Waals surface area contributed by atoms with Crippen molar-refractivity contribution in [3.63, 3.8) is 0 Å². The van der Waals surface area contributed by atoms with Crippen LogP contribution in [-0.4, -0.2) is 21.7 Å². The Kier molecular flexibility index (Phi) is 5.32. The molecule has 0 aliphatic rings. The van der Waals surface area contributed by atoms with E-state index in [1.54, 1.807) is 31.2 Å². The molecule has 0 saturated carbocycles. The molecule has 8 heteroatoms. The number of aromatic amines is 1. The fourth-order valence-electron chi connectivity index (χ4n) is 2.31. The van der Waals surface area contributed by atoms with Crippen LogP contribution in [0.3, 0.4) is 0 Å². The molecule has 0 unspecified atom stereocenters. The molecule has 26 heavy (non-hydrogen) atoms. The molecular weight excluding hydrogens is 362 g/mol. The number of rotatable bonds is 5. The van der Waals surface area contributed by atoms with E-state index in [4.69, 9.17) is 4.74 Å². The number of nitrogens with one attached hydrogen (secondary N) is 1. The Bertz CT molecular complexity index is 1020. The van der Waals surface area contributed by atoms with Crippen LogP contribution in [0.5, 0.6) is 0 Å². The van der Waals surface area contributed by atoms with Crippen LogP contribution in [-0.2, 0) is 9.53 Å². The molecule has 0 radical (unpaired) electrons. The largest absolute Gasteiger partial charge is 0.454 e. The number of nitrogens with zero attached hydrogens (tertiary/aromatic N) is 1. The van der Waals surface area contributed by atoms with Crippen molar-refractivity contribution < 1.29 is 18.3 Å². The highest BCUT2D eigenvalue weighted by Gasteiger charge is 2.16. The molecule has 1 N–H and O–H groups in total. The van der Waals surface area contributed by atoms with Gasteiger partial charge in [0.1, 0.15) is 11.6 Å². The first-order chi connectivity index (χ1) is 12.4. The Balaban J connectivity index is 1.67. The molecule has 3 rings (SSSR count). The fraction of sp³-hybridized carbons (Fsp3) is 0.167.